The monoisotopic (exact) mass is 335 g/mol. The lowest BCUT2D eigenvalue weighted by Gasteiger charge is -2.13. The Hall–Kier alpha value is -1.37. The third kappa shape index (κ3) is 4.83. The molecule has 0 saturated heterocycles. The van der Waals surface area contributed by atoms with Crippen LogP contribution in [0.2, 0.25) is 0 Å². The van der Waals surface area contributed by atoms with Crippen LogP contribution in [-0.4, -0.2) is 30.5 Å². The Balaban J connectivity index is 2.01. The summed E-state index contributed by atoms with van der Waals surface area (Å²) in [7, 11) is 1.89. The highest BCUT2D eigenvalue weighted by Crippen LogP contribution is 2.26. The van der Waals surface area contributed by atoms with Gasteiger partial charge in [-0.15, -0.1) is 23.1 Å². The average molecular weight is 335 g/mol. The molecule has 1 aromatic carbocycles. The molecule has 0 fully saturated rings. The fraction of sp³-hybridized carbons (Fsp3) is 0.375. The molecule has 1 unspecified atom stereocenters. The lowest BCUT2D eigenvalue weighted by molar-refractivity contribution is 0.0947. The molecule has 118 valence electrons. The molecule has 22 heavy (non-hydrogen) atoms. The molecule has 2 rings (SSSR count). The lowest BCUT2D eigenvalue weighted by atomic mass is 10.2. The van der Waals surface area contributed by atoms with E-state index in [0.717, 1.165) is 26.9 Å². The zero-order chi connectivity index (χ0) is 15.9. The van der Waals surface area contributed by atoms with Crippen molar-refractivity contribution in [3.8, 4) is 0 Å². The first-order valence-electron chi connectivity index (χ1n) is 7.18. The predicted molar refractivity (Wildman–Crippen MR) is 93.7 cm³/mol. The van der Waals surface area contributed by atoms with Crippen molar-refractivity contribution in [2.45, 2.75) is 30.5 Å². The van der Waals surface area contributed by atoms with E-state index in [4.69, 9.17) is 0 Å². The highest BCUT2D eigenvalue weighted by Gasteiger charge is 2.12. The normalized spacial score (nSPS) is 12.1. The fourth-order valence-corrected chi connectivity index (χ4v) is 3.51. The number of aromatic nitrogens is 1. The Morgan fingerprint density at radius 2 is 2.18 bits per heavy atom. The van der Waals surface area contributed by atoms with Gasteiger partial charge in [-0.2, -0.15) is 0 Å². The number of hydrogen-bond donors (Lipinski definition) is 2. The number of thiazole rings is 1. The molecule has 0 aliphatic carbocycles. The van der Waals surface area contributed by atoms with Crippen molar-refractivity contribution in [2.75, 3.05) is 13.6 Å². The summed E-state index contributed by atoms with van der Waals surface area (Å²) in [4.78, 5) is 17.8. The molecule has 1 amide bonds. The molecule has 0 bridgehead atoms. The van der Waals surface area contributed by atoms with Crippen LogP contribution in [0.4, 0.5) is 0 Å². The van der Waals surface area contributed by atoms with E-state index in [0.29, 0.717) is 6.54 Å². The van der Waals surface area contributed by atoms with E-state index in [2.05, 4.69) is 21.0 Å². The van der Waals surface area contributed by atoms with Crippen molar-refractivity contribution in [1.82, 2.24) is 15.6 Å². The quantitative estimate of drug-likeness (QED) is 0.764. The SMILES string of the molecule is CNC(C)CNC(=O)c1ccccc1SCc1csc(C)n1. The second-order valence-corrected chi connectivity index (χ2v) is 7.12. The van der Waals surface area contributed by atoms with Gasteiger partial charge < -0.3 is 10.6 Å². The van der Waals surface area contributed by atoms with Crippen LogP contribution in [0.3, 0.4) is 0 Å². The first kappa shape index (κ1) is 17.0. The summed E-state index contributed by atoms with van der Waals surface area (Å²) in [6, 6.07) is 7.96. The largest absolute Gasteiger partial charge is 0.350 e. The Morgan fingerprint density at radius 1 is 1.41 bits per heavy atom. The number of carbonyl (C=O) groups is 1. The number of hydrogen-bond acceptors (Lipinski definition) is 5. The van der Waals surface area contributed by atoms with E-state index in [1.165, 1.54) is 0 Å². The number of amides is 1. The summed E-state index contributed by atoms with van der Waals surface area (Å²) in [5.41, 5.74) is 1.79. The van der Waals surface area contributed by atoms with Gasteiger partial charge in [0.05, 0.1) is 16.3 Å². The third-order valence-electron chi connectivity index (χ3n) is 3.24. The summed E-state index contributed by atoms with van der Waals surface area (Å²) in [5.74, 6) is 0.751. The Bertz CT molecular complexity index is 627. The molecule has 1 aromatic heterocycles. The number of thioether (sulfide) groups is 1. The number of benzene rings is 1. The highest BCUT2D eigenvalue weighted by molar-refractivity contribution is 7.98. The maximum Gasteiger partial charge on any atom is 0.252 e. The molecule has 0 saturated carbocycles. The van der Waals surface area contributed by atoms with Crippen LogP contribution < -0.4 is 10.6 Å². The topological polar surface area (TPSA) is 54.0 Å². The first-order valence-corrected chi connectivity index (χ1v) is 9.05. The van der Waals surface area contributed by atoms with Crippen LogP contribution in [-0.2, 0) is 5.75 Å². The van der Waals surface area contributed by atoms with Crippen LogP contribution in [0.1, 0.15) is 28.0 Å². The molecule has 1 heterocycles. The number of carbonyl (C=O) groups excluding carboxylic acids is 1. The second kappa shape index (κ2) is 8.31. The molecule has 2 N–H and O–H groups in total. The summed E-state index contributed by atoms with van der Waals surface area (Å²) in [6.07, 6.45) is 0. The van der Waals surface area contributed by atoms with Crippen LogP contribution >= 0.6 is 23.1 Å². The maximum absolute atomic E-state index is 12.3. The zero-order valence-corrected chi connectivity index (χ0v) is 14.7. The van der Waals surface area contributed by atoms with Gasteiger partial charge in [-0.1, -0.05) is 12.1 Å². The van der Waals surface area contributed by atoms with E-state index < -0.39 is 0 Å². The second-order valence-electron chi connectivity index (χ2n) is 5.04. The van der Waals surface area contributed by atoms with Crippen molar-refractivity contribution in [3.63, 3.8) is 0 Å². The molecule has 0 spiro atoms. The summed E-state index contributed by atoms with van der Waals surface area (Å²) >= 11 is 3.30. The Kier molecular flexibility index (Phi) is 6.42. The lowest BCUT2D eigenvalue weighted by Crippen LogP contribution is -2.37. The van der Waals surface area contributed by atoms with Crippen molar-refractivity contribution in [3.05, 3.63) is 45.9 Å². The van der Waals surface area contributed by atoms with Crippen LogP contribution in [0.25, 0.3) is 0 Å². The standard InChI is InChI=1S/C16H21N3OS2/c1-11(17-3)8-18-16(20)14-6-4-5-7-15(14)22-10-13-9-21-12(2)19-13/h4-7,9,11,17H,8,10H2,1-3H3,(H,18,20). The minimum Gasteiger partial charge on any atom is -0.350 e. The van der Waals surface area contributed by atoms with Gasteiger partial charge >= 0.3 is 0 Å². The van der Waals surface area contributed by atoms with Crippen molar-refractivity contribution in [1.29, 1.82) is 0 Å². The van der Waals surface area contributed by atoms with Crippen molar-refractivity contribution in [2.24, 2.45) is 0 Å². The van der Waals surface area contributed by atoms with Gasteiger partial charge in [0.25, 0.3) is 5.91 Å². The smallest absolute Gasteiger partial charge is 0.252 e. The van der Waals surface area contributed by atoms with Gasteiger partial charge in [0.1, 0.15) is 0 Å². The molecule has 6 heteroatoms. The van der Waals surface area contributed by atoms with Gasteiger partial charge in [-0.3, -0.25) is 4.79 Å². The number of likely N-dealkylation sites (N-methyl/N-ethyl adjacent to an activating group) is 1. The van der Waals surface area contributed by atoms with Crippen LogP contribution in [0.5, 0.6) is 0 Å². The minimum atomic E-state index is -0.0281. The molecule has 2 aromatic rings. The molecule has 0 aliphatic heterocycles. The highest BCUT2D eigenvalue weighted by atomic mass is 32.2. The van der Waals surface area contributed by atoms with E-state index in [9.17, 15) is 4.79 Å². The Labute approximate surface area is 139 Å². The van der Waals surface area contributed by atoms with Crippen LogP contribution in [0.15, 0.2) is 34.5 Å². The molecule has 0 radical (unpaired) electrons. The number of nitrogens with zero attached hydrogens (tertiary/aromatic N) is 1. The Morgan fingerprint density at radius 3 is 2.86 bits per heavy atom. The van der Waals surface area contributed by atoms with E-state index in [1.54, 1.807) is 23.1 Å². The fourth-order valence-electron chi connectivity index (χ4n) is 1.85. The third-order valence-corrected chi connectivity index (χ3v) is 5.16. The van der Waals surface area contributed by atoms with Gasteiger partial charge in [-0.05, 0) is 33.0 Å². The minimum absolute atomic E-state index is 0.0281. The van der Waals surface area contributed by atoms with E-state index in [-0.39, 0.29) is 11.9 Å². The zero-order valence-electron chi connectivity index (χ0n) is 13.1. The van der Waals surface area contributed by atoms with Gasteiger partial charge in [0.2, 0.25) is 0 Å². The molecular formula is C16H21N3OS2. The number of nitrogens with one attached hydrogen (secondary N) is 2. The summed E-state index contributed by atoms with van der Waals surface area (Å²) < 4.78 is 0. The van der Waals surface area contributed by atoms with Crippen LogP contribution in [0, 0.1) is 6.92 Å². The molecule has 0 aliphatic rings. The van der Waals surface area contributed by atoms with Gasteiger partial charge in [0, 0.05) is 28.6 Å². The van der Waals surface area contributed by atoms with Gasteiger partial charge in [-0.25, -0.2) is 4.98 Å². The van der Waals surface area contributed by atoms with Gasteiger partial charge in [0.15, 0.2) is 0 Å². The maximum atomic E-state index is 12.3. The molecule has 4 nitrogen and oxygen atoms in total. The summed E-state index contributed by atoms with van der Waals surface area (Å²) in [5, 5.41) is 9.21. The average Bonchev–Trinajstić information content (AvgIpc) is 2.96. The summed E-state index contributed by atoms with van der Waals surface area (Å²) in [6.45, 7) is 4.65. The van der Waals surface area contributed by atoms with E-state index >= 15 is 0 Å². The number of rotatable bonds is 7. The van der Waals surface area contributed by atoms with Crippen molar-refractivity contribution < 1.29 is 4.79 Å². The number of aryl methyl sites for hydroxylation is 1. The van der Waals surface area contributed by atoms with E-state index in [1.807, 2.05) is 45.2 Å². The van der Waals surface area contributed by atoms with Crippen molar-refractivity contribution >= 4 is 29.0 Å². The predicted octanol–water partition coefficient (Wildman–Crippen LogP) is 3.08. The molecular weight excluding hydrogens is 314 g/mol. The molecule has 1 atom stereocenters. The first-order chi connectivity index (χ1) is 10.6.